The first-order valence-corrected chi connectivity index (χ1v) is 5.39. The van der Waals surface area contributed by atoms with Crippen molar-refractivity contribution >= 4 is 24.8 Å². The molecule has 0 aliphatic carbocycles. The molecule has 2 atom stereocenters. The van der Waals surface area contributed by atoms with Gasteiger partial charge < -0.3 is 15.0 Å². The first-order chi connectivity index (χ1) is 6.34. The normalized spacial score (nSPS) is 31.8. The molecule has 2 unspecified atom stereocenters. The Kier molecular flexibility index (Phi) is 7.92. The fourth-order valence-corrected chi connectivity index (χ4v) is 2.21. The molecule has 0 aromatic heterocycles. The van der Waals surface area contributed by atoms with Crippen molar-refractivity contribution in [3.05, 3.63) is 0 Å². The van der Waals surface area contributed by atoms with Crippen LogP contribution in [-0.2, 0) is 4.74 Å². The summed E-state index contributed by atoms with van der Waals surface area (Å²) in [6, 6.07) is 0. The monoisotopic (exact) mass is 256 g/mol. The third kappa shape index (κ3) is 4.87. The lowest BCUT2D eigenvalue weighted by Crippen LogP contribution is -2.38. The molecule has 0 aromatic carbocycles. The van der Waals surface area contributed by atoms with E-state index in [1.54, 1.807) is 0 Å². The van der Waals surface area contributed by atoms with Crippen LogP contribution in [0.3, 0.4) is 0 Å². The smallest absolute Gasteiger partial charge is 0.0718 e. The average Bonchev–Trinajstić information content (AvgIpc) is 2.53. The van der Waals surface area contributed by atoms with Gasteiger partial charge in [-0.2, -0.15) is 0 Å². The molecule has 3 nitrogen and oxygen atoms in total. The highest BCUT2D eigenvalue weighted by Gasteiger charge is 2.24. The van der Waals surface area contributed by atoms with Crippen molar-refractivity contribution in [2.24, 2.45) is 0 Å². The molecule has 0 radical (unpaired) electrons. The van der Waals surface area contributed by atoms with Crippen molar-refractivity contribution < 1.29 is 4.74 Å². The van der Waals surface area contributed by atoms with Crippen LogP contribution in [0.25, 0.3) is 0 Å². The van der Waals surface area contributed by atoms with Crippen LogP contribution in [0.1, 0.15) is 19.3 Å². The Bertz CT molecular complexity index is 163. The molecule has 0 bridgehead atoms. The number of piperidine rings is 1. The van der Waals surface area contributed by atoms with Crippen LogP contribution >= 0.6 is 24.8 Å². The van der Waals surface area contributed by atoms with E-state index in [0.717, 1.165) is 13.1 Å². The van der Waals surface area contributed by atoms with Crippen molar-refractivity contribution in [2.75, 3.05) is 33.2 Å². The standard InChI is InChI=1S/C10H20N2O.2ClH/c1-12-6-4-10(8-12)13-9-3-2-5-11-7-9;;/h9-11H,2-8H2,1H3;2*1H. The van der Waals surface area contributed by atoms with Gasteiger partial charge in [-0.25, -0.2) is 0 Å². The van der Waals surface area contributed by atoms with Gasteiger partial charge in [0.2, 0.25) is 0 Å². The maximum absolute atomic E-state index is 6.02. The van der Waals surface area contributed by atoms with Crippen LogP contribution in [-0.4, -0.2) is 50.3 Å². The average molecular weight is 257 g/mol. The van der Waals surface area contributed by atoms with E-state index >= 15 is 0 Å². The Balaban J connectivity index is 0.000000980. The maximum atomic E-state index is 6.02. The molecule has 2 rings (SSSR count). The minimum Gasteiger partial charge on any atom is -0.372 e. The molecule has 2 aliphatic rings. The number of nitrogens with zero attached hydrogens (tertiary/aromatic N) is 1. The molecule has 1 N–H and O–H groups in total. The quantitative estimate of drug-likeness (QED) is 0.807. The predicted molar refractivity (Wildman–Crippen MR) is 67.4 cm³/mol. The SMILES string of the molecule is CN1CCC(OC2CCCNC2)C1.Cl.Cl. The maximum Gasteiger partial charge on any atom is 0.0718 e. The van der Waals surface area contributed by atoms with E-state index in [9.17, 15) is 0 Å². The zero-order valence-corrected chi connectivity index (χ0v) is 10.9. The van der Waals surface area contributed by atoms with E-state index in [4.69, 9.17) is 4.74 Å². The van der Waals surface area contributed by atoms with Gasteiger partial charge in [0.25, 0.3) is 0 Å². The minimum absolute atomic E-state index is 0. The predicted octanol–water partition coefficient (Wildman–Crippen LogP) is 1.30. The fraction of sp³-hybridized carbons (Fsp3) is 1.00. The van der Waals surface area contributed by atoms with E-state index in [1.807, 2.05) is 0 Å². The topological polar surface area (TPSA) is 24.5 Å². The molecule has 0 aromatic rings. The summed E-state index contributed by atoms with van der Waals surface area (Å²) in [5, 5.41) is 3.38. The Labute approximate surface area is 105 Å². The number of likely N-dealkylation sites (N-methyl/N-ethyl adjacent to an activating group) is 1. The van der Waals surface area contributed by atoms with Crippen molar-refractivity contribution in [3.8, 4) is 0 Å². The second kappa shape index (κ2) is 7.69. The summed E-state index contributed by atoms with van der Waals surface area (Å²) in [6.07, 6.45) is 4.70. The molecule has 2 aliphatic heterocycles. The third-order valence-electron chi connectivity index (χ3n) is 2.98. The summed E-state index contributed by atoms with van der Waals surface area (Å²) >= 11 is 0. The van der Waals surface area contributed by atoms with Crippen LogP contribution < -0.4 is 5.32 Å². The van der Waals surface area contributed by atoms with Gasteiger partial charge in [-0.15, -0.1) is 24.8 Å². The highest BCUT2D eigenvalue weighted by molar-refractivity contribution is 5.85. The summed E-state index contributed by atoms with van der Waals surface area (Å²) in [7, 11) is 2.17. The van der Waals surface area contributed by atoms with Crippen molar-refractivity contribution in [3.63, 3.8) is 0 Å². The second-order valence-corrected chi connectivity index (χ2v) is 4.28. The molecule has 0 spiro atoms. The lowest BCUT2D eigenvalue weighted by Gasteiger charge is -2.26. The van der Waals surface area contributed by atoms with E-state index < -0.39 is 0 Å². The summed E-state index contributed by atoms with van der Waals surface area (Å²) in [5.74, 6) is 0. The van der Waals surface area contributed by atoms with Gasteiger partial charge in [0.05, 0.1) is 12.2 Å². The van der Waals surface area contributed by atoms with Gasteiger partial charge in [0.15, 0.2) is 0 Å². The Morgan fingerprint density at radius 2 is 2.00 bits per heavy atom. The van der Waals surface area contributed by atoms with Gasteiger partial charge in [0, 0.05) is 19.6 Å². The second-order valence-electron chi connectivity index (χ2n) is 4.28. The number of ether oxygens (including phenoxy) is 1. The first kappa shape index (κ1) is 15.5. The first-order valence-electron chi connectivity index (χ1n) is 5.39. The zero-order chi connectivity index (χ0) is 9.10. The van der Waals surface area contributed by atoms with E-state index in [-0.39, 0.29) is 24.8 Å². The molecule has 92 valence electrons. The molecule has 0 saturated carbocycles. The van der Waals surface area contributed by atoms with Crippen LogP contribution in [0.15, 0.2) is 0 Å². The highest BCUT2D eigenvalue weighted by Crippen LogP contribution is 2.15. The van der Waals surface area contributed by atoms with E-state index in [1.165, 1.54) is 32.4 Å². The fourth-order valence-electron chi connectivity index (χ4n) is 2.21. The van der Waals surface area contributed by atoms with Crippen molar-refractivity contribution in [1.29, 1.82) is 0 Å². The molecule has 2 heterocycles. The Morgan fingerprint density at radius 3 is 2.53 bits per heavy atom. The number of halogens is 2. The summed E-state index contributed by atoms with van der Waals surface area (Å²) < 4.78 is 6.02. The van der Waals surface area contributed by atoms with Gasteiger partial charge in [0.1, 0.15) is 0 Å². The molecule has 5 heteroatoms. The highest BCUT2D eigenvalue weighted by atomic mass is 35.5. The number of hydrogen-bond acceptors (Lipinski definition) is 3. The number of hydrogen-bond donors (Lipinski definition) is 1. The number of rotatable bonds is 2. The molecular formula is C10H22Cl2N2O. The summed E-state index contributed by atoms with van der Waals surface area (Å²) in [5.41, 5.74) is 0. The molecule has 15 heavy (non-hydrogen) atoms. The molecule has 2 fully saturated rings. The Hall–Kier alpha value is 0.460. The zero-order valence-electron chi connectivity index (χ0n) is 9.28. The lowest BCUT2D eigenvalue weighted by atomic mass is 10.1. The summed E-state index contributed by atoms with van der Waals surface area (Å²) in [4.78, 5) is 2.35. The van der Waals surface area contributed by atoms with E-state index in [0.29, 0.717) is 12.2 Å². The van der Waals surface area contributed by atoms with Gasteiger partial charge in [-0.3, -0.25) is 0 Å². The van der Waals surface area contributed by atoms with Gasteiger partial charge >= 0.3 is 0 Å². The molecule has 2 saturated heterocycles. The van der Waals surface area contributed by atoms with Crippen molar-refractivity contribution in [2.45, 2.75) is 31.5 Å². The van der Waals surface area contributed by atoms with Crippen molar-refractivity contribution in [1.82, 2.24) is 10.2 Å². The third-order valence-corrected chi connectivity index (χ3v) is 2.98. The van der Waals surface area contributed by atoms with Crippen LogP contribution in [0.5, 0.6) is 0 Å². The van der Waals surface area contributed by atoms with Gasteiger partial charge in [-0.1, -0.05) is 0 Å². The van der Waals surface area contributed by atoms with Gasteiger partial charge in [-0.05, 0) is 32.9 Å². The van der Waals surface area contributed by atoms with Crippen LogP contribution in [0.2, 0.25) is 0 Å². The van der Waals surface area contributed by atoms with E-state index in [2.05, 4.69) is 17.3 Å². The molecular weight excluding hydrogens is 235 g/mol. The van der Waals surface area contributed by atoms with Crippen LogP contribution in [0.4, 0.5) is 0 Å². The number of likely N-dealkylation sites (tertiary alicyclic amines) is 1. The largest absolute Gasteiger partial charge is 0.372 e. The number of nitrogens with one attached hydrogen (secondary N) is 1. The molecule has 0 amide bonds. The summed E-state index contributed by atoms with van der Waals surface area (Å²) in [6.45, 7) is 4.55. The minimum atomic E-state index is 0. The lowest BCUT2D eigenvalue weighted by molar-refractivity contribution is -0.0162. The Morgan fingerprint density at radius 1 is 1.20 bits per heavy atom. The van der Waals surface area contributed by atoms with Crippen LogP contribution in [0, 0.1) is 0 Å².